The molecule has 1 N–H and O–H groups in total. The van der Waals surface area contributed by atoms with Crippen LogP contribution in [0.15, 0.2) is 48.5 Å². The molecular weight excluding hydrogens is 248 g/mol. The summed E-state index contributed by atoms with van der Waals surface area (Å²) in [6.45, 7) is 4.71. The Balaban J connectivity index is 2.05. The number of hydrogen-bond donors (Lipinski definition) is 1. The number of para-hydroxylation sites is 4. The zero-order valence-corrected chi connectivity index (χ0v) is 11.8. The van der Waals surface area contributed by atoms with Crippen LogP contribution < -0.4 is 15.0 Å². The number of rotatable bonds is 3. The molecule has 1 heterocycles. The predicted octanol–water partition coefficient (Wildman–Crippen LogP) is 4.04. The fourth-order valence-electron chi connectivity index (χ4n) is 2.65. The Kier molecular flexibility index (Phi) is 3.77. The average molecular weight is 268 g/mol. The number of nitrogens with zero attached hydrogens (tertiary/aromatic N) is 1. The largest absolute Gasteiger partial charge is 0.492 e. The lowest BCUT2D eigenvalue weighted by Crippen LogP contribution is -2.18. The maximum Gasteiger partial charge on any atom is 0.142 e. The molecule has 0 saturated heterocycles. The highest BCUT2D eigenvalue weighted by atomic mass is 16.5. The van der Waals surface area contributed by atoms with Gasteiger partial charge >= 0.3 is 0 Å². The lowest BCUT2D eigenvalue weighted by Gasteiger charge is -2.26. The second kappa shape index (κ2) is 5.87. The van der Waals surface area contributed by atoms with Crippen LogP contribution in [0.1, 0.15) is 13.3 Å². The Bertz CT molecular complexity index is 583. The van der Waals surface area contributed by atoms with Gasteiger partial charge in [-0.05, 0) is 37.6 Å². The molecule has 2 aromatic carbocycles. The molecule has 2 aromatic rings. The minimum Gasteiger partial charge on any atom is -0.492 e. The van der Waals surface area contributed by atoms with Gasteiger partial charge in [0, 0.05) is 13.1 Å². The second-order valence-electron chi connectivity index (χ2n) is 4.85. The van der Waals surface area contributed by atoms with Gasteiger partial charge in [-0.2, -0.15) is 0 Å². The zero-order chi connectivity index (χ0) is 13.8. The third-order valence-corrected chi connectivity index (χ3v) is 3.52. The van der Waals surface area contributed by atoms with Crippen molar-refractivity contribution in [3.8, 4) is 5.75 Å². The van der Waals surface area contributed by atoms with Gasteiger partial charge in [0.25, 0.3) is 0 Å². The highest BCUT2D eigenvalue weighted by Gasteiger charge is 2.18. The lowest BCUT2D eigenvalue weighted by molar-refractivity contribution is 0.341. The monoisotopic (exact) mass is 268 g/mol. The predicted molar refractivity (Wildman–Crippen MR) is 84.2 cm³/mol. The van der Waals surface area contributed by atoms with Crippen LogP contribution in [-0.4, -0.2) is 19.7 Å². The van der Waals surface area contributed by atoms with Crippen molar-refractivity contribution in [1.82, 2.24) is 0 Å². The summed E-state index contributed by atoms with van der Waals surface area (Å²) in [7, 11) is 0. The second-order valence-corrected chi connectivity index (χ2v) is 4.85. The molecule has 104 valence electrons. The summed E-state index contributed by atoms with van der Waals surface area (Å²) >= 11 is 0. The number of fused-ring (bicyclic) bond motifs is 1. The number of ether oxygens (including phenoxy) is 1. The van der Waals surface area contributed by atoms with Crippen molar-refractivity contribution >= 4 is 17.1 Å². The lowest BCUT2D eigenvalue weighted by atomic mass is 10.2. The van der Waals surface area contributed by atoms with Crippen LogP contribution in [0.3, 0.4) is 0 Å². The fraction of sp³-hybridized carbons (Fsp3) is 0.294. The van der Waals surface area contributed by atoms with E-state index in [0.717, 1.165) is 30.9 Å². The van der Waals surface area contributed by atoms with Gasteiger partial charge in [0.2, 0.25) is 0 Å². The van der Waals surface area contributed by atoms with Crippen molar-refractivity contribution in [3.05, 3.63) is 48.5 Å². The summed E-state index contributed by atoms with van der Waals surface area (Å²) in [5.74, 6) is 0.951. The van der Waals surface area contributed by atoms with E-state index in [1.807, 2.05) is 19.1 Å². The van der Waals surface area contributed by atoms with E-state index in [1.165, 1.54) is 11.4 Å². The van der Waals surface area contributed by atoms with Crippen molar-refractivity contribution in [1.29, 1.82) is 0 Å². The van der Waals surface area contributed by atoms with E-state index >= 15 is 0 Å². The van der Waals surface area contributed by atoms with Crippen LogP contribution in [0.5, 0.6) is 5.75 Å². The van der Waals surface area contributed by atoms with E-state index in [1.54, 1.807) is 0 Å². The van der Waals surface area contributed by atoms with E-state index in [9.17, 15) is 0 Å². The Hall–Kier alpha value is -2.16. The molecule has 1 aliphatic heterocycles. The molecule has 0 amide bonds. The minimum atomic E-state index is 0.685. The van der Waals surface area contributed by atoms with Gasteiger partial charge in [-0.25, -0.2) is 0 Å². The first-order valence-electron chi connectivity index (χ1n) is 7.22. The molecule has 3 nitrogen and oxygen atoms in total. The normalized spacial score (nSPS) is 14.2. The molecule has 0 atom stereocenters. The zero-order valence-electron chi connectivity index (χ0n) is 11.8. The van der Waals surface area contributed by atoms with Crippen molar-refractivity contribution in [2.24, 2.45) is 0 Å². The van der Waals surface area contributed by atoms with Crippen LogP contribution >= 0.6 is 0 Å². The highest BCUT2D eigenvalue weighted by molar-refractivity contribution is 5.79. The molecule has 0 fully saturated rings. The summed E-state index contributed by atoms with van der Waals surface area (Å²) in [5, 5.41) is 3.49. The van der Waals surface area contributed by atoms with Gasteiger partial charge in [-0.1, -0.05) is 24.3 Å². The Morgan fingerprint density at radius 3 is 2.65 bits per heavy atom. The smallest absolute Gasteiger partial charge is 0.142 e. The Labute approximate surface area is 120 Å². The van der Waals surface area contributed by atoms with E-state index in [-0.39, 0.29) is 0 Å². The van der Waals surface area contributed by atoms with Gasteiger partial charge in [-0.3, -0.25) is 0 Å². The number of nitrogens with one attached hydrogen (secondary N) is 1. The topological polar surface area (TPSA) is 24.5 Å². The molecule has 20 heavy (non-hydrogen) atoms. The number of hydrogen-bond acceptors (Lipinski definition) is 3. The quantitative estimate of drug-likeness (QED) is 0.909. The summed E-state index contributed by atoms with van der Waals surface area (Å²) in [6, 6.07) is 16.7. The van der Waals surface area contributed by atoms with Crippen LogP contribution in [0, 0.1) is 0 Å². The molecule has 3 rings (SSSR count). The highest BCUT2D eigenvalue weighted by Crippen LogP contribution is 2.38. The third-order valence-electron chi connectivity index (χ3n) is 3.52. The van der Waals surface area contributed by atoms with E-state index in [0.29, 0.717) is 6.61 Å². The molecule has 0 aromatic heterocycles. The molecule has 1 aliphatic rings. The Morgan fingerprint density at radius 2 is 1.80 bits per heavy atom. The summed E-state index contributed by atoms with van der Waals surface area (Å²) in [4.78, 5) is 2.35. The van der Waals surface area contributed by atoms with Crippen LogP contribution in [-0.2, 0) is 0 Å². The maximum absolute atomic E-state index is 5.78. The fourth-order valence-corrected chi connectivity index (χ4v) is 2.65. The molecule has 0 unspecified atom stereocenters. The SMILES string of the molecule is CCOc1ccccc1N1CCCNc2ccccc21. The van der Waals surface area contributed by atoms with Crippen LogP contribution in [0.2, 0.25) is 0 Å². The van der Waals surface area contributed by atoms with Gasteiger partial charge in [0.15, 0.2) is 0 Å². The van der Waals surface area contributed by atoms with Crippen molar-refractivity contribution < 1.29 is 4.74 Å². The Morgan fingerprint density at radius 1 is 1.05 bits per heavy atom. The van der Waals surface area contributed by atoms with E-state index < -0.39 is 0 Å². The molecule has 3 heteroatoms. The average Bonchev–Trinajstić information content (AvgIpc) is 2.71. The third kappa shape index (κ3) is 2.44. The van der Waals surface area contributed by atoms with Crippen molar-refractivity contribution in [2.45, 2.75) is 13.3 Å². The molecule has 0 aliphatic carbocycles. The van der Waals surface area contributed by atoms with Gasteiger partial charge < -0.3 is 15.0 Å². The summed E-state index contributed by atoms with van der Waals surface area (Å²) in [6.07, 6.45) is 1.11. The van der Waals surface area contributed by atoms with Crippen LogP contribution in [0.25, 0.3) is 0 Å². The minimum absolute atomic E-state index is 0.685. The molecule has 0 spiro atoms. The van der Waals surface area contributed by atoms with E-state index in [2.05, 4.69) is 46.6 Å². The van der Waals surface area contributed by atoms with Crippen molar-refractivity contribution in [3.63, 3.8) is 0 Å². The van der Waals surface area contributed by atoms with Crippen molar-refractivity contribution in [2.75, 3.05) is 29.9 Å². The first-order chi connectivity index (χ1) is 9.90. The first kappa shape index (κ1) is 12.9. The standard InChI is InChI=1S/C17H20N2O/c1-2-20-17-11-6-5-10-16(17)19-13-7-12-18-14-8-3-4-9-15(14)19/h3-6,8-11,18H,2,7,12-13H2,1H3. The van der Waals surface area contributed by atoms with Gasteiger partial charge in [-0.15, -0.1) is 0 Å². The summed E-state index contributed by atoms with van der Waals surface area (Å²) < 4.78 is 5.78. The van der Waals surface area contributed by atoms with E-state index in [4.69, 9.17) is 4.74 Å². The van der Waals surface area contributed by atoms with Gasteiger partial charge in [0.05, 0.1) is 23.7 Å². The van der Waals surface area contributed by atoms with Gasteiger partial charge in [0.1, 0.15) is 5.75 Å². The van der Waals surface area contributed by atoms with Crippen LogP contribution in [0.4, 0.5) is 17.1 Å². The summed E-state index contributed by atoms with van der Waals surface area (Å²) in [5.41, 5.74) is 3.55. The molecule has 0 radical (unpaired) electrons. The molecular formula is C17H20N2O. The number of anilines is 3. The molecule has 0 saturated carbocycles. The maximum atomic E-state index is 5.78. The molecule has 0 bridgehead atoms. The number of benzene rings is 2. The first-order valence-corrected chi connectivity index (χ1v) is 7.22.